The van der Waals surface area contributed by atoms with Crippen LogP contribution in [0, 0.1) is 11.8 Å². The number of allylic oxidation sites excluding steroid dienone is 6. The zero-order chi connectivity index (χ0) is 8.72. The molecule has 0 spiro atoms. The Morgan fingerprint density at radius 1 is 1.25 bits per heavy atom. The Balaban J connectivity index is 2.41. The third-order valence-electron chi connectivity index (χ3n) is 2.14. The van der Waals surface area contributed by atoms with Crippen molar-refractivity contribution in [2.75, 3.05) is 0 Å². The smallest absolute Gasteiger partial charge is 0.181 e. The number of halogens is 2. The topological polar surface area (TPSA) is 17.1 Å². The molecule has 2 aliphatic rings. The summed E-state index contributed by atoms with van der Waals surface area (Å²) in [5.74, 6) is -0.198. The van der Waals surface area contributed by atoms with Gasteiger partial charge < -0.3 is 0 Å². The van der Waals surface area contributed by atoms with Crippen LogP contribution in [0.4, 0.5) is 0 Å². The van der Waals surface area contributed by atoms with Crippen LogP contribution in [0.2, 0.25) is 0 Å². The number of hydrogen-bond donors (Lipinski definition) is 0. The molecule has 0 aromatic carbocycles. The molecule has 2 unspecified atom stereocenters. The molecular formula is C9H6Cl2O. The third kappa shape index (κ3) is 1.05. The van der Waals surface area contributed by atoms with E-state index in [2.05, 4.69) is 0 Å². The van der Waals surface area contributed by atoms with E-state index < -0.39 is 0 Å². The van der Waals surface area contributed by atoms with Crippen LogP contribution >= 0.6 is 23.2 Å². The van der Waals surface area contributed by atoms with Gasteiger partial charge in [-0.25, -0.2) is 0 Å². The van der Waals surface area contributed by atoms with E-state index in [1.165, 1.54) is 0 Å². The average molecular weight is 201 g/mol. The minimum atomic E-state index is -0.157. The molecule has 2 atom stereocenters. The van der Waals surface area contributed by atoms with E-state index in [1.807, 2.05) is 6.08 Å². The molecule has 1 nitrogen and oxygen atoms in total. The summed E-state index contributed by atoms with van der Waals surface area (Å²) in [5.41, 5.74) is 0. The molecule has 0 heterocycles. The van der Waals surface area contributed by atoms with Crippen LogP contribution in [0.1, 0.15) is 0 Å². The fourth-order valence-corrected chi connectivity index (χ4v) is 2.04. The summed E-state index contributed by atoms with van der Waals surface area (Å²) >= 11 is 11.6. The number of Topliss-reactive ketones (excluding diaryl/α,β-unsaturated/α-hetero) is 1. The van der Waals surface area contributed by atoms with Gasteiger partial charge in [0, 0.05) is 11.0 Å². The van der Waals surface area contributed by atoms with E-state index >= 15 is 0 Å². The van der Waals surface area contributed by atoms with Crippen molar-refractivity contribution in [1.82, 2.24) is 0 Å². The maximum Gasteiger partial charge on any atom is 0.181 e. The van der Waals surface area contributed by atoms with Gasteiger partial charge in [0.25, 0.3) is 0 Å². The van der Waals surface area contributed by atoms with Gasteiger partial charge in [-0.2, -0.15) is 0 Å². The molecule has 0 amide bonds. The minimum Gasteiger partial charge on any atom is -0.293 e. The summed E-state index contributed by atoms with van der Waals surface area (Å²) in [6.45, 7) is 0. The molecule has 0 saturated carbocycles. The largest absolute Gasteiger partial charge is 0.293 e. The Hall–Kier alpha value is -0.530. The summed E-state index contributed by atoms with van der Waals surface area (Å²) in [7, 11) is 0. The fraction of sp³-hybridized carbons (Fsp3) is 0.222. The van der Waals surface area contributed by atoms with E-state index in [1.54, 1.807) is 18.2 Å². The number of carbonyl (C=O) groups excluding carboxylic acids is 1. The highest BCUT2D eigenvalue weighted by Gasteiger charge is 2.35. The molecule has 0 aliphatic heterocycles. The van der Waals surface area contributed by atoms with Crippen LogP contribution < -0.4 is 0 Å². The molecule has 0 fully saturated rings. The minimum absolute atomic E-state index is 0.0170. The van der Waals surface area contributed by atoms with Crippen molar-refractivity contribution in [3.05, 3.63) is 34.4 Å². The van der Waals surface area contributed by atoms with Crippen LogP contribution in [-0.2, 0) is 4.79 Å². The van der Waals surface area contributed by atoms with Gasteiger partial charge in [-0.1, -0.05) is 41.4 Å². The lowest BCUT2D eigenvalue weighted by Crippen LogP contribution is -2.15. The van der Waals surface area contributed by atoms with Crippen LogP contribution in [-0.4, -0.2) is 5.78 Å². The normalized spacial score (nSPS) is 33.0. The highest BCUT2D eigenvalue weighted by Crippen LogP contribution is 2.38. The van der Waals surface area contributed by atoms with Gasteiger partial charge in [0.05, 0.1) is 11.0 Å². The van der Waals surface area contributed by atoms with Crippen molar-refractivity contribution < 1.29 is 4.79 Å². The molecule has 2 aliphatic carbocycles. The number of carbonyl (C=O) groups is 1. The van der Waals surface area contributed by atoms with E-state index in [-0.39, 0.29) is 17.6 Å². The Bertz CT molecular complexity index is 325. The molecule has 0 saturated heterocycles. The van der Waals surface area contributed by atoms with Crippen molar-refractivity contribution in [3.63, 3.8) is 0 Å². The molecule has 62 valence electrons. The first-order chi connectivity index (χ1) is 5.70. The lowest BCUT2D eigenvalue weighted by Gasteiger charge is -2.15. The average Bonchev–Trinajstić information content (AvgIpc) is 2.32. The number of fused-ring (bicyclic) bond motifs is 1. The Labute approximate surface area is 80.3 Å². The summed E-state index contributed by atoms with van der Waals surface area (Å²) in [4.78, 5) is 11.3. The molecule has 12 heavy (non-hydrogen) atoms. The standard InChI is InChI=1S/C9H6Cl2O/c10-7-3-1-2-5-6(7)4-8(11)9(5)12/h1-6H. The second kappa shape index (κ2) is 2.75. The van der Waals surface area contributed by atoms with Crippen molar-refractivity contribution in [3.8, 4) is 0 Å². The molecule has 3 heteroatoms. The zero-order valence-corrected chi connectivity index (χ0v) is 7.64. The SMILES string of the molecule is O=C1C(Cl)=CC2C(Cl)=CC=CC12. The van der Waals surface area contributed by atoms with Gasteiger partial charge in [0.2, 0.25) is 0 Å². The summed E-state index contributed by atoms with van der Waals surface area (Å²) in [5, 5.41) is 0.995. The van der Waals surface area contributed by atoms with E-state index in [4.69, 9.17) is 23.2 Å². The molecule has 0 aromatic rings. The maximum atomic E-state index is 11.3. The first kappa shape index (κ1) is 8.09. The number of hydrogen-bond acceptors (Lipinski definition) is 1. The zero-order valence-electron chi connectivity index (χ0n) is 6.13. The first-order valence-corrected chi connectivity index (χ1v) is 4.41. The quantitative estimate of drug-likeness (QED) is 0.588. The lowest BCUT2D eigenvalue weighted by atomic mass is 9.91. The molecular weight excluding hydrogens is 195 g/mol. The van der Waals surface area contributed by atoms with Gasteiger partial charge in [0.1, 0.15) is 0 Å². The van der Waals surface area contributed by atoms with Crippen molar-refractivity contribution in [2.45, 2.75) is 0 Å². The molecule has 0 bridgehead atoms. The van der Waals surface area contributed by atoms with Crippen LogP contribution in [0.5, 0.6) is 0 Å². The number of rotatable bonds is 0. The fourth-order valence-electron chi connectivity index (χ4n) is 1.50. The molecule has 0 N–H and O–H groups in total. The molecule has 0 radical (unpaired) electrons. The molecule has 2 rings (SSSR count). The van der Waals surface area contributed by atoms with Crippen LogP contribution in [0.15, 0.2) is 34.4 Å². The Kier molecular flexibility index (Phi) is 1.85. The Morgan fingerprint density at radius 2 is 2.00 bits per heavy atom. The van der Waals surface area contributed by atoms with Gasteiger partial charge in [0.15, 0.2) is 5.78 Å². The van der Waals surface area contributed by atoms with Crippen LogP contribution in [0.25, 0.3) is 0 Å². The van der Waals surface area contributed by atoms with Gasteiger partial charge >= 0.3 is 0 Å². The second-order valence-corrected chi connectivity index (χ2v) is 3.71. The van der Waals surface area contributed by atoms with Gasteiger partial charge in [-0.05, 0) is 6.08 Å². The van der Waals surface area contributed by atoms with Crippen LogP contribution in [0.3, 0.4) is 0 Å². The predicted molar refractivity (Wildman–Crippen MR) is 49.0 cm³/mol. The lowest BCUT2D eigenvalue weighted by molar-refractivity contribution is -0.117. The molecule has 0 aromatic heterocycles. The Morgan fingerprint density at radius 3 is 2.67 bits per heavy atom. The van der Waals surface area contributed by atoms with E-state index in [0.717, 1.165) is 0 Å². The van der Waals surface area contributed by atoms with E-state index in [9.17, 15) is 4.79 Å². The predicted octanol–water partition coefficient (Wildman–Crippen LogP) is 2.62. The summed E-state index contributed by atoms with van der Waals surface area (Å²) < 4.78 is 0. The first-order valence-electron chi connectivity index (χ1n) is 3.65. The summed E-state index contributed by atoms with van der Waals surface area (Å²) in [6, 6.07) is 0. The van der Waals surface area contributed by atoms with E-state index in [0.29, 0.717) is 10.1 Å². The van der Waals surface area contributed by atoms with Crippen molar-refractivity contribution >= 4 is 29.0 Å². The van der Waals surface area contributed by atoms with Gasteiger partial charge in [-0.15, -0.1) is 0 Å². The highest BCUT2D eigenvalue weighted by atomic mass is 35.5. The van der Waals surface area contributed by atoms with Gasteiger partial charge in [-0.3, -0.25) is 4.79 Å². The van der Waals surface area contributed by atoms with Crippen molar-refractivity contribution in [1.29, 1.82) is 0 Å². The van der Waals surface area contributed by atoms with Crippen molar-refractivity contribution in [2.24, 2.45) is 11.8 Å². The maximum absolute atomic E-state index is 11.3. The summed E-state index contributed by atoms with van der Waals surface area (Å²) in [6.07, 6.45) is 7.15. The number of ketones is 1. The monoisotopic (exact) mass is 200 g/mol. The highest BCUT2D eigenvalue weighted by molar-refractivity contribution is 6.44. The second-order valence-electron chi connectivity index (χ2n) is 2.87. The third-order valence-corrected chi connectivity index (χ3v) is 2.83.